The monoisotopic (exact) mass is 193 g/mol. The van der Waals surface area contributed by atoms with Crippen molar-refractivity contribution in [3.8, 4) is 0 Å². The first-order chi connectivity index (χ1) is 6.84. The van der Waals surface area contributed by atoms with Gasteiger partial charge in [-0.15, -0.1) is 0 Å². The molecule has 1 rings (SSSR count). The van der Waals surface area contributed by atoms with E-state index in [-0.39, 0.29) is 6.61 Å². The minimum absolute atomic E-state index is 0.271. The topological polar surface area (TPSA) is 32.3 Å². The number of nitrogens with one attached hydrogen (secondary N) is 1. The molecule has 0 radical (unpaired) electrons. The SMILES string of the molecule is CC(CNCCCO)c1ccccc1. The highest BCUT2D eigenvalue weighted by molar-refractivity contribution is 5.18. The van der Waals surface area contributed by atoms with E-state index >= 15 is 0 Å². The standard InChI is InChI=1S/C12H19NO/c1-11(10-13-8-5-9-14)12-6-3-2-4-7-12/h2-4,6-7,11,13-14H,5,8-10H2,1H3. The number of hydrogen-bond acceptors (Lipinski definition) is 2. The fourth-order valence-corrected chi connectivity index (χ4v) is 1.42. The van der Waals surface area contributed by atoms with E-state index in [1.807, 2.05) is 6.07 Å². The van der Waals surface area contributed by atoms with Crippen molar-refractivity contribution in [3.63, 3.8) is 0 Å². The number of aliphatic hydroxyl groups excluding tert-OH is 1. The first kappa shape index (κ1) is 11.2. The second kappa shape index (κ2) is 6.57. The smallest absolute Gasteiger partial charge is 0.0443 e. The molecule has 0 aliphatic rings. The summed E-state index contributed by atoms with van der Waals surface area (Å²) < 4.78 is 0. The quantitative estimate of drug-likeness (QED) is 0.675. The second-order valence-electron chi connectivity index (χ2n) is 3.59. The summed E-state index contributed by atoms with van der Waals surface area (Å²) in [5.74, 6) is 0.537. The molecule has 0 heterocycles. The van der Waals surface area contributed by atoms with E-state index in [1.54, 1.807) is 0 Å². The molecule has 2 N–H and O–H groups in total. The largest absolute Gasteiger partial charge is 0.396 e. The predicted octanol–water partition coefficient (Wildman–Crippen LogP) is 1.76. The van der Waals surface area contributed by atoms with E-state index in [1.165, 1.54) is 5.56 Å². The van der Waals surface area contributed by atoms with E-state index in [9.17, 15) is 0 Å². The van der Waals surface area contributed by atoms with Gasteiger partial charge in [0.2, 0.25) is 0 Å². The van der Waals surface area contributed by atoms with Crippen LogP contribution in [0, 0.1) is 0 Å². The third-order valence-corrected chi connectivity index (χ3v) is 2.33. The van der Waals surface area contributed by atoms with Crippen LogP contribution >= 0.6 is 0 Å². The van der Waals surface area contributed by atoms with Crippen molar-refractivity contribution in [2.75, 3.05) is 19.7 Å². The van der Waals surface area contributed by atoms with Gasteiger partial charge in [-0.3, -0.25) is 0 Å². The fourth-order valence-electron chi connectivity index (χ4n) is 1.42. The maximum Gasteiger partial charge on any atom is 0.0443 e. The molecule has 1 aromatic rings. The summed E-state index contributed by atoms with van der Waals surface area (Å²) in [5, 5.41) is 11.9. The zero-order valence-electron chi connectivity index (χ0n) is 8.74. The van der Waals surface area contributed by atoms with Crippen LogP contribution in [0.5, 0.6) is 0 Å². The average molecular weight is 193 g/mol. The van der Waals surface area contributed by atoms with Crippen LogP contribution in [0.2, 0.25) is 0 Å². The van der Waals surface area contributed by atoms with Crippen LogP contribution in [0.25, 0.3) is 0 Å². The summed E-state index contributed by atoms with van der Waals surface area (Å²) in [6.45, 7) is 4.35. The van der Waals surface area contributed by atoms with Crippen molar-refractivity contribution in [1.29, 1.82) is 0 Å². The number of hydrogen-bond donors (Lipinski definition) is 2. The first-order valence-corrected chi connectivity index (χ1v) is 5.21. The number of benzene rings is 1. The molecule has 0 aliphatic carbocycles. The Morgan fingerprint density at radius 3 is 2.64 bits per heavy atom. The molecular formula is C12H19NO. The van der Waals surface area contributed by atoms with E-state index < -0.39 is 0 Å². The maximum atomic E-state index is 8.61. The molecule has 0 saturated carbocycles. The van der Waals surface area contributed by atoms with E-state index in [0.29, 0.717) is 5.92 Å². The molecule has 0 aromatic heterocycles. The second-order valence-corrected chi connectivity index (χ2v) is 3.59. The average Bonchev–Trinajstić information content (AvgIpc) is 2.25. The van der Waals surface area contributed by atoms with Gasteiger partial charge in [-0.05, 0) is 24.4 Å². The summed E-state index contributed by atoms with van der Waals surface area (Å²) >= 11 is 0. The van der Waals surface area contributed by atoms with Crippen LogP contribution in [0.15, 0.2) is 30.3 Å². The van der Waals surface area contributed by atoms with E-state index in [2.05, 4.69) is 36.5 Å². The Kier molecular flexibility index (Phi) is 5.27. The third kappa shape index (κ3) is 3.90. The van der Waals surface area contributed by atoms with Gasteiger partial charge in [-0.25, -0.2) is 0 Å². The summed E-state index contributed by atoms with van der Waals surface area (Å²) in [5.41, 5.74) is 1.36. The number of rotatable bonds is 6. The number of aliphatic hydroxyl groups is 1. The van der Waals surface area contributed by atoms with Gasteiger partial charge < -0.3 is 10.4 Å². The van der Waals surface area contributed by atoms with Gasteiger partial charge in [0.05, 0.1) is 0 Å². The molecule has 0 bridgehead atoms. The Morgan fingerprint density at radius 1 is 1.29 bits per heavy atom. The molecule has 1 unspecified atom stereocenters. The highest BCUT2D eigenvalue weighted by Crippen LogP contribution is 2.12. The van der Waals surface area contributed by atoms with Crippen molar-refractivity contribution < 1.29 is 5.11 Å². The van der Waals surface area contributed by atoms with Gasteiger partial charge in [-0.1, -0.05) is 37.3 Å². The molecule has 0 aliphatic heterocycles. The van der Waals surface area contributed by atoms with Gasteiger partial charge in [0, 0.05) is 13.2 Å². The molecule has 78 valence electrons. The minimum Gasteiger partial charge on any atom is -0.396 e. The van der Waals surface area contributed by atoms with Gasteiger partial charge in [0.25, 0.3) is 0 Å². The maximum absolute atomic E-state index is 8.61. The van der Waals surface area contributed by atoms with Gasteiger partial charge in [0.1, 0.15) is 0 Å². The van der Waals surface area contributed by atoms with Crippen LogP contribution < -0.4 is 5.32 Å². The lowest BCUT2D eigenvalue weighted by Crippen LogP contribution is -2.21. The molecule has 0 saturated heterocycles. The molecule has 14 heavy (non-hydrogen) atoms. The highest BCUT2D eigenvalue weighted by Gasteiger charge is 2.02. The zero-order chi connectivity index (χ0) is 10.2. The van der Waals surface area contributed by atoms with Crippen molar-refractivity contribution in [2.24, 2.45) is 0 Å². The predicted molar refractivity (Wildman–Crippen MR) is 59.4 cm³/mol. The van der Waals surface area contributed by atoms with Gasteiger partial charge in [0.15, 0.2) is 0 Å². The summed E-state index contributed by atoms with van der Waals surface area (Å²) in [6, 6.07) is 10.5. The van der Waals surface area contributed by atoms with E-state index in [4.69, 9.17) is 5.11 Å². The van der Waals surface area contributed by atoms with Crippen molar-refractivity contribution >= 4 is 0 Å². The highest BCUT2D eigenvalue weighted by atomic mass is 16.3. The van der Waals surface area contributed by atoms with Crippen LogP contribution in [0.4, 0.5) is 0 Å². The zero-order valence-corrected chi connectivity index (χ0v) is 8.74. The summed E-state index contributed by atoms with van der Waals surface area (Å²) in [6.07, 6.45) is 0.835. The molecule has 0 fully saturated rings. The first-order valence-electron chi connectivity index (χ1n) is 5.21. The van der Waals surface area contributed by atoms with Gasteiger partial charge in [-0.2, -0.15) is 0 Å². The Morgan fingerprint density at radius 2 is 2.00 bits per heavy atom. The normalized spacial score (nSPS) is 12.7. The molecule has 2 nitrogen and oxygen atoms in total. The third-order valence-electron chi connectivity index (χ3n) is 2.33. The van der Waals surface area contributed by atoms with Crippen LogP contribution in [-0.4, -0.2) is 24.8 Å². The lowest BCUT2D eigenvalue weighted by Gasteiger charge is -2.12. The van der Waals surface area contributed by atoms with Crippen molar-refractivity contribution in [1.82, 2.24) is 5.32 Å². The lowest BCUT2D eigenvalue weighted by atomic mass is 10.0. The Labute approximate surface area is 86.0 Å². The Bertz CT molecular complexity index is 235. The van der Waals surface area contributed by atoms with Crippen molar-refractivity contribution in [2.45, 2.75) is 19.3 Å². The van der Waals surface area contributed by atoms with Gasteiger partial charge >= 0.3 is 0 Å². The molecule has 0 amide bonds. The van der Waals surface area contributed by atoms with Crippen LogP contribution in [0.3, 0.4) is 0 Å². The summed E-state index contributed by atoms with van der Waals surface area (Å²) in [4.78, 5) is 0. The van der Waals surface area contributed by atoms with Crippen LogP contribution in [0.1, 0.15) is 24.8 Å². The Hall–Kier alpha value is -0.860. The summed E-state index contributed by atoms with van der Waals surface area (Å²) in [7, 11) is 0. The van der Waals surface area contributed by atoms with Crippen molar-refractivity contribution in [3.05, 3.63) is 35.9 Å². The molecule has 1 aromatic carbocycles. The van der Waals surface area contributed by atoms with E-state index in [0.717, 1.165) is 19.5 Å². The lowest BCUT2D eigenvalue weighted by molar-refractivity contribution is 0.286. The van der Waals surface area contributed by atoms with Crippen LogP contribution in [-0.2, 0) is 0 Å². The molecule has 0 spiro atoms. The molecular weight excluding hydrogens is 174 g/mol. The Balaban J connectivity index is 2.25. The molecule has 2 heteroatoms. The fraction of sp³-hybridized carbons (Fsp3) is 0.500. The minimum atomic E-state index is 0.271. The molecule has 1 atom stereocenters.